The van der Waals surface area contributed by atoms with Crippen LogP contribution in [-0.2, 0) is 0 Å². The number of ether oxygens (including phenoxy) is 1. The highest BCUT2D eigenvalue weighted by Crippen LogP contribution is 2.26. The molecule has 0 aliphatic heterocycles. The Kier molecular flexibility index (Phi) is 6.09. The molecule has 0 aliphatic carbocycles. The molecule has 0 saturated heterocycles. The predicted octanol–water partition coefficient (Wildman–Crippen LogP) is 4.86. The zero-order valence-electron chi connectivity index (χ0n) is 15.2. The molecule has 0 radical (unpaired) electrons. The van der Waals surface area contributed by atoms with E-state index >= 15 is 0 Å². The molecular formula is C21H16ClFN2O4. The van der Waals surface area contributed by atoms with Gasteiger partial charge in [-0.15, -0.1) is 0 Å². The summed E-state index contributed by atoms with van der Waals surface area (Å²) < 4.78 is 18.7. The molecule has 0 bridgehead atoms. The van der Waals surface area contributed by atoms with Crippen LogP contribution in [0.1, 0.15) is 39.2 Å². The van der Waals surface area contributed by atoms with E-state index in [1.807, 2.05) is 0 Å². The van der Waals surface area contributed by atoms with Gasteiger partial charge in [0.1, 0.15) is 17.1 Å². The molecule has 0 fully saturated rings. The first kappa shape index (κ1) is 20.3. The van der Waals surface area contributed by atoms with E-state index in [4.69, 9.17) is 21.4 Å². The van der Waals surface area contributed by atoms with Crippen LogP contribution in [0.25, 0.3) is 0 Å². The molecule has 2 N–H and O–H groups in total. The van der Waals surface area contributed by atoms with Crippen molar-refractivity contribution in [2.45, 2.75) is 13.0 Å². The quantitative estimate of drug-likeness (QED) is 0.601. The van der Waals surface area contributed by atoms with Crippen molar-refractivity contribution in [1.29, 1.82) is 0 Å². The molecule has 0 unspecified atom stereocenters. The monoisotopic (exact) mass is 414 g/mol. The van der Waals surface area contributed by atoms with E-state index in [1.54, 1.807) is 19.1 Å². The number of aromatic nitrogens is 1. The second-order valence-corrected chi connectivity index (χ2v) is 6.62. The molecular weight excluding hydrogens is 399 g/mol. The Bertz CT molecular complexity index is 1060. The maximum atomic E-state index is 13.1. The van der Waals surface area contributed by atoms with E-state index in [2.05, 4.69) is 10.3 Å². The van der Waals surface area contributed by atoms with E-state index in [1.165, 1.54) is 48.7 Å². The van der Waals surface area contributed by atoms with Gasteiger partial charge in [-0.25, -0.2) is 14.2 Å². The number of hydrogen-bond acceptors (Lipinski definition) is 4. The molecule has 8 heteroatoms. The summed E-state index contributed by atoms with van der Waals surface area (Å²) in [6.07, 6.45) is 1.33. The summed E-state index contributed by atoms with van der Waals surface area (Å²) in [5.41, 5.74) is 0.825. The van der Waals surface area contributed by atoms with Gasteiger partial charge in [0.05, 0.1) is 16.6 Å². The van der Waals surface area contributed by atoms with Crippen molar-refractivity contribution in [3.05, 3.63) is 88.3 Å². The zero-order chi connectivity index (χ0) is 21.0. The van der Waals surface area contributed by atoms with Crippen LogP contribution in [0.2, 0.25) is 5.02 Å². The summed E-state index contributed by atoms with van der Waals surface area (Å²) in [6, 6.07) is 12.5. The lowest BCUT2D eigenvalue weighted by Crippen LogP contribution is -2.27. The molecule has 2 aromatic carbocycles. The summed E-state index contributed by atoms with van der Waals surface area (Å²) in [6.45, 7) is 1.72. The van der Waals surface area contributed by atoms with E-state index in [-0.39, 0.29) is 22.0 Å². The number of aromatic carboxylic acids is 1. The van der Waals surface area contributed by atoms with Crippen LogP contribution in [0, 0.1) is 5.82 Å². The molecule has 3 rings (SSSR count). The number of rotatable bonds is 6. The summed E-state index contributed by atoms with van der Waals surface area (Å²) in [5.74, 6) is -1.68. The Hall–Kier alpha value is -3.45. The molecule has 0 spiro atoms. The number of carboxylic acid groups (broad SMARTS) is 1. The Morgan fingerprint density at radius 2 is 1.90 bits per heavy atom. The van der Waals surface area contributed by atoms with Crippen molar-refractivity contribution in [3.63, 3.8) is 0 Å². The molecule has 29 heavy (non-hydrogen) atoms. The maximum absolute atomic E-state index is 13.1. The molecule has 6 nitrogen and oxygen atoms in total. The number of pyridine rings is 1. The molecule has 0 aliphatic rings. The van der Waals surface area contributed by atoms with Gasteiger partial charge in [0.15, 0.2) is 0 Å². The Balaban J connectivity index is 1.83. The maximum Gasteiger partial charge on any atom is 0.335 e. The van der Waals surface area contributed by atoms with Crippen molar-refractivity contribution in [3.8, 4) is 11.6 Å². The largest absolute Gasteiger partial charge is 0.478 e. The standard InChI is InChI=1S/C21H16ClFN2O4/c1-12(13-3-2-4-14(9-13)21(27)28)25-19(26)18-10-15(22)11-24-20(18)29-17-7-5-16(23)6-8-17/h2-12H,1H3,(H,25,26)(H,27,28)/t12-/m0/s1. The second-order valence-electron chi connectivity index (χ2n) is 6.19. The minimum atomic E-state index is -1.06. The number of halogens is 2. The number of carbonyl (C=O) groups is 2. The number of nitrogens with one attached hydrogen (secondary N) is 1. The number of amides is 1. The third kappa shape index (κ3) is 5.08. The highest BCUT2D eigenvalue weighted by Gasteiger charge is 2.19. The first-order valence-corrected chi connectivity index (χ1v) is 8.94. The van der Waals surface area contributed by atoms with E-state index in [0.717, 1.165) is 0 Å². The Morgan fingerprint density at radius 3 is 2.59 bits per heavy atom. The van der Waals surface area contributed by atoms with Gasteiger partial charge in [-0.05, 0) is 55.0 Å². The van der Waals surface area contributed by atoms with Crippen LogP contribution in [0.4, 0.5) is 4.39 Å². The van der Waals surface area contributed by atoms with E-state index < -0.39 is 23.7 Å². The van der Waals surface area contributed by atoms with Crippen molar-refractivity contribution in [2.75, 3.05) is 0 Å². The van der Waals surface area contributed by atoms with Gasteiger partial charge in [-0.1, -0.05) is 23.7 Å². The Morgan fingerprint density at radius 1 is 1.17 bits per heavy atom. The van der Waals surface area contributed by atoms with E-state index in [9.17, 15) is 14.0 Å². The number of hydrogen-bond donors (Lipinski definition) is 2. The molecule has 1 heterocycles. The first-order chi connectivity index (χ1) is 13.8. The van der Waals surface area contributed by atoms with E-state index in [0.29, 0.717) is 11.3 Å². The van der Waals surface area contributed by atoms with Crippen molar-refractivity contribution >= 4 is 23.5 Å². The van der Waals surface area contributed by atoms with Crippen LogP contribution >= 0.6 is 11.6 Å². The second kappa shape index (κ2) is 8.70. The molecule has 0 saturated carbocycles. The summed E-state index contributed by atoms with van der Waals surface area (Å²) >= 11 is 5.98. The smallest absolute Gasteiger partial charge is 0.335 e. The number of carboxylic acids is 1. The first-order valence-electron chi connectivity index (χ1n) is 8.56. The highest BCUT2D eigenvalue weighted by molar-refractivity contribution is 6.30. The molecule has 1 aromatic heterocycles. The molecule has 148 valence electrons. The van der Waals surface area contributed by atoms with Crippen molar-refractivity contribution in [2.24, 2.45) is 0 Å². The fourth-order valence-corrected chi connectivity index (χ4v) is 2.74. The number of nitrogens with zero attached hydrogens (tertiary/aromatic N) is 1. The lowest BCUT2D eigenvalue weighted by atomic mass is 10.0. The normalized spacial score (nSPS) is 11.6. The lowest BCUT2D eigenvalue weighted by Gasteiger charge is -2.16. The van der Waals surface area contributed by atoms with Gasteiger partial charge in [0.25, 0.3) is 5.91 Å². The third-order valence-corrected chi connectivity index (χ3v) is 4.28. The Labute approximate surface area is 170 Å². The number of carbonyl (C=O) groups excluding carboxylic acids is 1. The van der Waals surface area contributed by atoms with Crippen LogP contribution in [0.3, 0.4) is 0 Å². The molecule has 1 amide bonds. The van der Waals surface area contributed by atoms with Gasteiger partial charge in [0.2, 0.25) is 5.88 Å². The van der Waals surface area contributed by atoms with Crippen LogP contribution in [0.15, 0.2) is 60.8 Å². The predicted molar refractivity (Wildman–Crippen MR) is 105 cm³/mol. The van der Waals surface area contributed by atoms with Crippen LogP contribution in [-0.4, -0.2) is 22.0 Å². The van der Waals surface area contributed by atoms with Gasteiger partial charge in [-0.3, -0.25) is 4.79 Å². The van der Waals surface area contributed by atoms with Crippen LogP contribution in [0.5, 0.6) is 11.6 Å². The minimum Gasteiger partial charge on any atom is -0.478 e. The van der Waals surface area contributed by atoms with Gasteiger partial charge < -0.3 is 15.2 Å². The minimum absolute atomic E-state index is 0.00462. The summed E-state index contributed by atoms with van der Waals surface area (Å²) in [5, 5.41) is 12.1. The average Bonchev–Trinajstić information content (AvgIpc) is 2.71. The van der Waals surface area contributed by atoms with Crippen LogP contribution < -0.4 is 10.1 Å². The highest BCUT2D eigenvalue weighted by atomic mass is 35.5. The molecule has 3 aromatic rings. The third-order valence-electron chi connectivity index (χ3n) is 4.07. The molecule has 1 atom stereocenters. The lowest BCUT2D eigenvalue weighted by molar-refractivity contribution is 0.0696. The zero-order valence-corrected chi connectivity index (χ0v) is 16.0. The van der Waals surface area contributed by atoms with Crippen molar-refractivity contribution < 1.29 is 23.8 Å². The summed E-state index contributed by atoms with van der Waals surface area (Å²) in [4.78, 5) is 28.0. The van der Waals surface area contributed by atoms with Gasteiger partial charge in [-0.2, -0.15) is 0 Å². The van der Waals surface area contributed by atoms with Gasteiger partial charge >= 0.3 is 5.97 Å². The van der Waals surface area contributed by atoms with Crippen molar-refractivity contribution in [1.82, 2.24) is 10.3 Å². The fraction of sp³-hybridized carbons (Fsp3) is 0.0952. The van der Waals surface area contributed by atoms with Gasteiger partial charge in [0, 0.05) is 6.20 Å². The fourth-order valence-electron chi connectivity index (χ4n) is 2.58. The average molecular weight is 415 g/mol. The summed E-state index contributed by atoms with van der Waals surface area (Å²) in [7, 11) is 0. The topological polar surface area (TPSA) is 88.5 Å². The number of benzene rings is 2. The SMILES string of the molecule is C[C@H](NC(=O)c1cc(Cl)cnc1Oc1ccc(F)cc1)c1cccc(C(=O)O)c1.